The van der Waals surface area contributed by atoms with Crippen molar-refractivity contribution in [3.05, 3.63) is 71.2 Å². The van der Waals surface area contributed by atoms with E-state index in [-0.39, 0.29) is 5.91 Å². The smallest absolute Gasteiger partial charge is 0.252 e. The molecule has 1 aromatic carbocycles. The first-order valence-electron chi connectivity index (χ1n) is 11.0. The zero-order chi connectivity index (χ0) is 22.3. The fourth-order valence-corrected chi connectivity index (χ4v) is 4.62. The number of aromatic nitrogens is 2. The first-order valence-corrected chi connectivity index (χ1v) is 12.0. The van der Waals surface area contributed by atoms with Crippen LogP contribution in [0.1, 0.15) is 34.3 Å². The van der Waals surface area contributed by atoms with Crippen molar-refractivity contribution in [2.24, 2.45) is 0 Å². The monoisotopic (exact) mass is 451 g/mol. The minimum atomic E-state index is -0.0957. The molecule has 3 aromatic rings. The Morgan fingerprint density at radius 3 is 2.66 bits per heavy atom. The van der Waals surface area contributed by atoms with Crippen LogP contribution in [0, 0.1) is 6.92 Å². The molecular formula is C24H29N5O2S. The first kappa shape index (κ1) is 22.4. The second-order valence-electron chi connectivity index (χ2n) is 7.85. The third-order valence-corrected chi connectivity index (χ3v) is 6.68. The number of hydrogen-bond acceptors (Lipinski definition) is 7. The third kappa shape index (κ3) is 5.69. The van der Waals surface area contributed by atoms with E-state index in [4.69, 9.17) is 4.52 Å². The fraction of sp³-hybridized carbons (Fsp3) is 0.375. The molecule has 2 aromatic heterocycles. The quantitative estimate of drug-likeness (QED) is 0.523. The molecule has 0 atom stereocenters. The van der Waals surface area contributed by atoms with E-state index in [0.717, 1.165) is 60.5 Å². The summed E-state index contributed by atoms with van der Waals surface area (Å²) >= 11 is 1.57. The molecule has 32 heavy (non-hydrogen) atoms. The number of benzene rings is 1. The van der Waals surface area contributed by atoms with E-state index in [9.17, 15) is 4.79 Å². The van der Waals surface area contributed by atoms with Crippen LogP contribution in [0.2, 0.25) is 0 Å². The predicted octanol–water partition coefficient (Wildman–Crippen LogP) is 3.74. The molecule has 1 fully saturated rings. The minimum absolute atomic E-state index is 0.0957. The van der Waals surface area contributed by atoms with Gasteiger partial charge < -0.3 is 19.6 Å². The van der Waals surface area contributed by atoms with Crippen molar-refractivity contribution < 1.29 is 9.32 Å². The zero-order valence-electron chi connectivity index (χ0n) is 18.6. The van der Waals surface area contributed by atoms with Crippen LogP contribution in [0.3, 0.4) is 0 Å². The van der Waals surface area contributed by atoms with E-state index in [1.165, 1.54) is 0 Å². The lowest BCUT2D eigenvalue weighted by Crippen LogP contribution is -2.46. The van der Waals surface area contributed by atoms with Gasteiger partial charge in [-0.3, -0.25) is 4.79 Å². The normalized spacial score (nSPS) is 14.5. The van der Waals surface area contributed by atoms with E-state index in [1.54, 1.807) is 11.8 Å². The molecule has 8 heteroatoms. The van der Waals surface area contributed by atoms with Crippen LogP contribution in [0.15, 0.2) is 58.1 Å². The van der Waals surface area contributed by atoms with Crippen molar-refractivity contribution in [2.75, 3.05) is 37.6 Å². The Labute approximate surface area is 193 Å². The van der Waals surface area contributed by atoms with Gasteiger partial charge >= 0.3 is 0 Å². The summed E-state index contributed by atoms with van der Waals surface area (Å²) in [5.74, 6) is 2.33. The van der Waals surface area contributed by atoms with Crippen molar-refractivity contribution >= 4 is 23.5 Å². The van der Waals surface area contributed by atoms with Crippen LogP contribution >= 0.6 is 11.8 Å². The maximum atomic E-state index is 12.8. The van der Waals surface area contributed by atoms with Gasteiger partial charge in [0.05, 0.1) is 17.0 Å². The highest BCUT2D eigenvalue weighted by Crippen LogP contribution is 2.26. The number of nitrogens with zero attached hydrogens (tertiary/aromatic N) is 4. The highest BCUT2D eigenvalue weighted by atomic mass is 32.2. The van der Waals surface area contributed by atoms with Gasteiger partial charge in [0.1, 0.15) is 11.6 Å². The topological polar surface area (TPSA) is 74.5 Å². The lowest BCUT2D eigenvalue weighted by Gasteiger charge is -2.34. The van der Waals surface area contributed by atoms with Crippen LogP contribution < -0.4 is 10.2 Å². The highest BCUT2D eigenvalue weighted by molar-refractivity contribution is 7.98. The number of rotatable bonds is 8. The molecule has 7 nitrogen and oxygen atoms in total. The Morgan fingerprint density at radius 2 is 1.97 bits per heavy atom. The third-order valence-electron chi connectivity index (χ3n) is 5.58. The Bertz CT molecular complexity index is 1030. The van der Waals surface area contributed by atoms with Crippen molar-refractivity contribution in [2.45, 2.75) is 31.0 Å². The lowest BCUT2D eigenvalue weighted by molar-refractivity contribution is 0.0948. The summed E-state index contributed by atoms with van der Waals surface area (Å²) in [7, 11) is 0. The molecule has 168 valence electrons. The number of carbonyl (C=O) groups excluding carboxylic acids is 1. The van der Waals surface area contributed by atoms with Gasteiger partial charge in [-0.2, -0.15) is 0 Å². The van der Waals surface area contributed by atoms with Gasteiger partial charge in [-0.25, -0.2) is 4.98 Å². The van der Waals surface area contributed by atoms with Gasteiger partial charge in [-0.15, -0.1) is 11.8 Å². The lowest BCUT2D eigenvalue weighted by atomic mass is 10.2. The second-order valence-corrected chi connectivity index (χ2v) is 8.87. The molecular weight excluding hydrogens is 422 g/mol. The summed E-state index contributed by atoms with van der Waals surface area (Å²) in [5.41, 5.74) is 2.50. The van der Waals surface area contributed by atoms with Crippen molar-refractivity contribution in [1.29, 1.82) is 0 Å². The average Bonchev–Trinajstić information content (AvgIpc) is 3.27. The van der Waals surface area contributed by atoms with E-state index in [0.29, 0.717) is 17.9 Å². The van der Waals surface area contributed by atoms with Crippen LogP contribution in [-0.4, -0.2) is 53.7 Å². The summed E-state index contributed by atoms with van der Waals surface area (Å²) in [6, 6.07) is 13.6. The summed E-state index contributed by atoms with van der Waals surface area (Å²) < 4.78 is 5.27. The molecule has 1 aliphatic rings. The minimum Gasteiger partial charge on any atom is -0.360 e. The Morgan fingerprint density at radius 1 is 1.16 bits per heavy atom. The van der Waals surface area contributed by atoms with Crippen molar-refractivity contribution in [3.63, 3.8) is 0 Å². The summed E-state index contributed by atoms with van der Waals surface area (Å²) in [6.45, 7) is 9.78. The standard InChI is InChI=1S/C24H29N5O2S/c1-3-28-10-12-29(13-11-28)23-9-8-19(15-25-23)16-26-24(30)21-6-4-5-7-22(21)32-17-20-14-18(2)27-31-20/h4-9,14-15H,3,10-13,16-17H2,1-2H3,(H,26,30). The van der Waals surface area contributed by atoms with Crippen LogP contribution in [0.5, 0.6) is 0 Å². The number of anilines is 1. The largest absolute Gasteiger partial charge is 0.360 e. The second kappa shape index (κ2) is 10.7. The van der Waals surface area contributed by atoms with Crippen LogP contribution in [0.25, 0.3) is 0 Å². The molecule has 4 rings (SSSR count). The molecule has 0 saturated carbocycles. The first-order chi connectivity index (χ1) is 15.6. The maximum absolute atomic E-state index is 12.8. The van der Waals surface area contributed by atoms with Gasteiger partial charge in [0.2, 0.25) is 0 Å². The SMILES string of the molecule is CCN1CCN(c2ccc(CNC(=O)c3ccccc3SCc3cc(C)no3)cn2)CC1. The number of carbonyl (C=O) groups is 1. The van der Waals surface area contributed by atoms with Crippen LogP contribution in [0.4, 0.5) is 5.82 Å². The van der Waals surface area contributed by atoms with E-state index < -0.39 is 0 Å². The molecule has 1 aliphatic heterocycles. The van der Waals surface area contributed by atoms with Gasteiger partial charge in [-0.05, 0) is 37.2 Å². The highest BCUT2D eigenvalue weighted by Gasteiger charge is 2.17. The summed E-state index contributed by atoms with van der Waals surface area (Å²) in [4.78, 5) is 23.1. The van der Waals surface area contributed by atoms with Crippen LogP contribution in [-0.2, 0) is 12.3 Å². The number of aryl methyl sites for hydroxylation is 1. The molecule has 1 N–H and O–H groups in total. The van der Waals surface area contributed by atoms with E-state index in [1.807, 2.05) is 55.6 Å². The Kier molecular flexibility index (Phi) is 7.44. The molecule has 0 aliphatic carbocycles. The zero-order valence-corrected chi connectivity index (χ0v) is 19.4. The van der Waals surface area contributed by atoms with E-state index >= 15 is 0 Å². The van der Waals surface area contributed by atoms with Crippen molar-refractivity contribution in [3.8, 4) is 0 Å². The van der Waals surface area contributed by atoms with E-state index in [2.05, 4.69) is 32.2 Å². The van der Waals surface area contributed by atoms with Gasteiger partial charge in [0, 0.05) is 49.9 Å². The molecule has 0 spiro atoms. The number of amides is 1. The molecule has 0 unspecified atom stereocenters. The predicted molar refractivity (Wildman–Crippen MR) is 127 cm³/mol. The number of pyridine rings is 1. The van der Waals surface area contributed by atoms with Crippen molar-refractivity contribution in [1.82, 2.24) is 20.4 Å². The van der Waals surface area contributed by atoms with Gasteiger partial charge in [0.25, 0.3) is 5.91 Å². The number of hydrogen-bond donors (Lipinski definition) is 1. The number of piperazine rings is 1. The average molecular weight is 452 g/mol. The number of thioether (sulfide) groups is 1. The molecule has 1 amide bonds. The molecule has 0 bridgehead atoms. The molecule has 3 heterocycles. The summed E-state index contributed by atoms with van der Waals surface area (Å²) in [5, 5.41) is 6.94. The number of likely N-dealkylation sites (N-methyl/N-ethyl adjacent to an activating group) is 1. The molecule has 1 saturated heterocycles. The Balaban J connectivity index is 1.32. The Hall–Kier alpha value is -2.84. The molecule has 0 radical (unpaired) electrons. The van der Waals surface area contributed by atoms with Gasteiger partial charge in [-0.1, -0.05) is 30.3 Å². The fourth-order valence-electron chi connectivity index (χ4n) is 3.69. The summed E-state index contributed by atoms with van der Waals surface area (Å²) in [6.07, 6.45) is 1.86. The maximum Gasteiger partial charge on any atom is 0.252 e. The number of nitrogens with one attached hydrogen (secondary N) is 1. The van der Waals surface area contributed by atoms with Gasteiger partial charge in [0.15, 0.2) is 0 Å².